The number of hydrogen-bond acceptors (Lipinski definition) is 2. The fourth-order valence-corrected chi connectivity index (χ4v) is 0.819. The normalized spacial score (nSPS) is 9.77. The van der Waals surface area contributed by atoms with E-state index in [0.717, 1.165) is 18.2 Å². The van der Waals surface area contributed by atoms with E-state index >= 15 is 0 Å². The molecule has 0 aliphatic carbocycles. The number of hydroxylamine groups is 1. The van der Waals surface area contributed by atoms with Crippen LogP contribution in [-0.4, -0.2) is 13.0 Å². The van der Waals surface area contributed by atoms with Crippen LogP contribution in [0.5, 0.6) is 0 Å². The molecule has 0 aliphatic rings. The van der Waals surface area contributed by atoms with Crippen LogP contribution in [0.15, 0.2) is 18.2 Å². The van der Waals surface area contributed by atoms with Crippen molar-refractivity contribution in [2.45, 2.75) is 0 Å². The van der Waals surface area contributed by atoms with Crippen molar-refractivity contribution < 1.29 is 18.4 Å². The number of carbonyl (C=O) groups is 1. The zero-order valence-electron chi connectivity index (χ0n) is 6.80. The molecular formula is C8H7F2NO2. The van der Waals surface area contributed by atoms with E-state index < -0.39 is 17.5 Å². The Morgan fingerprint density at radius 3 is 2.77 bits per heavy atom. The Kier molecular flexibility index (Phi) is 2.92. The summed E-state index contributed by atoms with van der Waals surface area (Å²) in [5, 5.41) is 0. The predicted molar refractivity (Wildman–Crippen MR) is 40.8 cm³/mol. The van der Waals surface area contributed by atoms with Crippen LogP contribution in [0.4, 0.5) is 8.78 Å². The molecule has 0 atom stereocenters. The van der Waals surface area contributed by atoms with Crippen LogP contribution in [0.25, 0.3) is 0 Å². The highest BCUT2D eigenvalue weighted by atomic mass is 19.1. The van der Waals surface area contributed by atoms with Gasteiger partial charge in [0.25, 0.3) is 5.91 Å². The van der Waals surface area contributed by atoms with Gasteiger partial charge in [-0.05, 0) is 18.2 Å². The second kappa shape index (κ2) is 3.95. The van der Waals surface area contributed by atoms with Gasteiger partial charge in [-0.25, -0.2) is 14.3 Å². The minimum absolute atomic E-state index is 0.387. The lowest BCUT2D eigenvalue weighted by molar-refractivity contribution is 0.0533. The van der Waals surface area contributed by atoms with E-state index in [1.54, 1.807) is 0 Å². The molecule has 0 spiro atoms. The molecule has 0 unspecified atom stereocenters. The van der Waals surface area contributed by atoms with Crippen molar-refractivity contribution in [2.24, 2.45) is 0 Å². The van der Waals surface area contributed by atoms with Gasteiger partial charge < -0.3 is 0 Å². The number of halogens is 2. The number of hydrogen-bond donors (Lipinski definition) is 1. The first-order chi connectivity index (χ1) is 6.15. The zero-order chi connectivity index (χ0) is 9.84. The van der Waals surface area contributed by atoms with Crippen molar-refractivity contribution in [3.8, 4) is 0 Å². The summed E-state index contributed by atoms with van der Waals surface area (Å²) >= 11 is 0. The Labute approximate surface area is 73.3 Å². The minimum Gasteiger partial charge on any atom is -0.277 e. The Bertz CT molecular complexity index is 328. The Balaban J connectivity index is 2.99. The Hall–Kier alpha value is -1.49. The highest BCUT2D eigenvalue weighted by Crippen LogP contribution is 2.08. The highest BCUT2D eigenvalue weighted by Gasteiger charge is 2.11. The topological polar surface area (TPSA) is 38.3 Å². The van der Waals surface area contributed by atoms with E-state index in [2.05, 4.69) is 4.84 Å². The van der Waals surface area contributed by atoms with Gasteiger partial charge in [0.2, 0.25) is 0 Å². The molecule has 0 saturated heterocycles. The zero-order valence-corrected chi connectivity index (χ0v) is 6.80. The first-order valence-electron chi connectivity index (χ1n) is 3.43. The Morgan fingerprint density at radius 1 is 1.46 bits per heavy atom. The van der Waals surface area contributed by atoms with E-state index in [9.17, 15) is 13.6 Å². The average molecular weight is 187 g/mol. The minimum atomic E-state index is -0.820. The smallest absolute Gasteiger partial charge is 0.277 e. The summed E-state index contributed by atoms with van der Waals surface area (Å²) in [6.45, 7) is 0. The molecule has 0 saturated carbocycles. The summed E-state index contributed by atoms with van der Waals surface area (Å²) in [5.74, 6) is -2.29. The van der Waals surface area contributed by atoms with Gasteiger partial charge in [0, 0.05) is 0 Å². The molecule has 0 aromatic heterocycles. The molecule has 1 amide bonds. The van der Waals surface area contributed by atoms with Gasteiger partial charge in [0.05, 0.1) is 12.7 Å². The molecule has 1 rings (SSSR count). The fraction of sp³-hybridized carbons (Fsp3) is 0.125. The standard InChI is InChI=1S/C8H7F2NO2/c1-13-11-8(12)6-4-5(9)2-3-7(6)10/h2-4H,1H3,(H,11,12). The molecule has 3 nitrogen and oxygen atoms in total. The molecule has 1 aromatic carbocycles. The second-order valence-electron chi connectivity index (χ2n) is 2.26. The van der Waals surface area contributed by atoms with Crippen molar-refractivity contribution in [1.29, 1.82) is 0 Å². The van der Waals surface area contributed by atoms with Crippen LogP contribution >= 0.6 is 0 Å². The maximum Gasteiger partial charge on any atom is 0.277 e. The van der Waals surface area contributed by atoms with Crippen LogP contribution < -0.4 is 5.48 Å². The van der Waals surface area contributed by atoms with Crippen molar-refractivity contribution >= 4 is 5.91 Å². The lowest BCUT2D eigenvalue weighted by Gasteiger charge is -2.02. The summed E-state index contributed by atoms with van der Waals surface area (Å²) in [5.41, 5.74) is 1.50. The molecule has 0 aliphatic heterocycles. The number of nitrogens with one attached hydrogen (secondary N) is 1. The molecule has 0 heterocycles. The van der Waals surface area contributed by atoms with E-state index in [1.807, 2.05) is 5.48 Å². The molecule has 0 radical (unpaired) electrons. The Morgan fingerprint density at radius 2 is 2.15 bits per heavy atom. The SMILES string of the molecule is CONC(=O)c1cc(F)ccc1F. The van der Waals surface area contributed by atoms with Crippen LogP contribution in [-0.2, 0) is 4.84 Å². The van der Waals surface area contributed by atoms with Crippen LogP contribution in [0, 0.1) is 11.6 Å². The first-order valence-corrected chi connectivity index (χ1v) is 3.43. The van der Waals surface area contributed by atoms with E-state index in [-0.39, 0.29) is 5.56 Å². The third kappa shape index (κ3) is 2.22. The summed E-state index contributed by atoms with van der Waals surface area (Å²) in [6, 6.07) is 2.60. The maximum atomic E-state index is 12.9. The molecule has 70 valence electrons. The predicted octanol–water partition coefficient (Wildman–Crippen LogP) is 1.26. The van der Waals surface area contributed by atoms with Crippen LogP contribution in [0.3, 0.4) is 0 Å². The number of amides is 1. The summed E-state index contributed by atoms with van der Waals surface area (Å²) in [6.07, 6.45) is 0. The third-order valence-corrected chi connectivity index (χ3v) is 1.37. The van der Waals surface area contributed by atoms with Crippen molar-refractivity contribution in [3.05, 3.63) is 35.4 Å². The number of benzene rings is 1. The number of rotatable bonds is 2. The van der Waals surface area contributed by atoms with E-state index in [1.165, 1.54) is 7.11 Å². The summed E-state index contributed by atoms with van der Waals surface area (Å²) in [4.78, 5) is 15.2. The van der Waals surface area contributed by atoms with Gasteiger partial charge in [-0.2, -0.15) is 0 Å². The monoisotopic (exact) mass is 187 g/mol. The summed E-state index contributed by atoms with van der Waals surface area (Å²) in [7, 11) is 1.20. The second-order valence-corrected chi connectivity index (χ2v) is 2.26. The lowest BCUT2D eigenvalue weighted by Crippen LogP contribution is -2.23. The van der Waals surface area contributed by atoms with Gasteiger partial charge in [-0.15, -0.1) is 0 Å². The fourth-order valence-electron chi connectivity index (χ4n) is 0.819. The molecule has 0 fully saturated rings. The van der Waals surface area contributed by atoms with Gasteiger partial charge >= 0.3 is 0 Å². The van der Waals surface area contributed by atoms with Crippen molar-refractivity contribution in [2.75, 3.05) is 7.11 Å². The van der Waals surface area contributed by atoms with Crippen LogP contribution in [0.2, 0.25) is 0 Å². The molecule has 1 N–H and O–H groups in total. The van der Waals surface area contributed by atoms with Crippen molar-refractivity contribution in [1.82, 2.24) is 5.48 Å². The lowest BCUT2D eigenvalue weighted by atomic mass is 10.2. The average Bonchev–Trinajstić information content (AvgIpc) is 2.09. The van der Waals surface area contributed by atoms with Gasteiger partial charge in [0.1, 0.15) is 11.6 Å². The third-order valence-electron chi connectivity index (χ3n) is 1.37. The quantitative estimate of drug-likeness (QED) is 0.708. The van der Waals surface area contributed by atoms with Gasteiger partial charge in [-0.3, -0.25) is 9.63 Å². The van der Waals surface area contributed by atoms with Crippen LogP contribution in [0.1, 0.15) is 10.4 Å². The molecule has 5 heteroatoms. The largest absolute Gasteiger partial charge is 0.277 e. The van der Waals surface area contributed by atoms with E-state index in [4.69, 9.17) is 0 Å². The van der Waals surface area contributed by atoms with Gasteiger partial charge in [0.15, 0.2) is 0 Å². The van der Waals surface area contributed by atoms with Crippen molar-refractivity contribution in [3.63, 3.8) is 0 Å². The number of carbonyl (C=O) groups excluding carboxylic acids is 1. The molecule has 1 aromatic rings. The maximum absolute atomic E-state index is 12.9. The molecule has 13 heavy (non-hydrogen) atoms. The van der Waals surface area contributed by atoms with E-state index in [0.29, 0.717) is 0 Å². The van der Waals surface area contributed by atoms with Gasteiger partial charge in [-0.1, -0.05) is 0 Å². The molecular weight excluding hydrogens is 180 g/mol. The summed E-state index contributed by atoms with van der Waals surface area (Å²) < 4.78 is 25.4. The highest BCUT2D eigenvalue weighted by molar-refractivity contribution is 5.93. The first kappa shape index (κ1) is 9.60. The molecule has 0 bridgehead atoms.